The maximum atomic E-state index is 11.6. The number of benzene rings is 1. The average Bonchev–Trinajstić information content (AvgIpc) is 3.10. The van der Waals surface area contributed by atoms with Gasteiger partial charge in [-0.25, -0.2) is 4.98 Å². The molecule has 1 fully saturated rings. The molecule has 1 aliphatic rings. The number of carbonyl (C=O) groups excluding carboxylic acids is 1. The van der Waals surface area contributed by atoms with Crippen LogP contribution < -0.4 is 0 Å². The highest BCUT2D eigenvalue weighted by Gasteiger charge is 2.25. The second kappa shape index (κ2) is 8.35. The highest BCUT2D eigenvalue weighted by Crippen LogP contribution is 2.22. The highest BCUT2D eigenvalue weighted by atomic mass is 32.2. The fraction of sp³-hybridized carbons (Fsp3) is 0.444. The summed E-state index contributed by atoms with van der Waals surface area (Å²) in [4.78, 5) is 18.3. The Kier molecular flexibility index (Phi) is 5.93. The number of aromatic nitrogens is 1. The Balaban J connectivity index is 1.58. The van der Waals surface area contributed by atoms with Crippen LogP contribution in [0, 0.1) is 0 Å². The lowest BCUT2D eigenvalue weighted by Gasteiger charge is -2.34. The van der Waals surface area contributed by atoms with E-state index in [9.17, 15) is 4.79 Å². The molecule has 0 amide bonds. The van der Waals surface area contributed by atoms with E-state index in [2.05, 4.69) is 9.88 Å². The van der Waals surface area contributed by atoms with Crippen molar-refractivity contribution in [1.29, 1.82) is 0 Å². The first-order chi connectivity index (χ1) is 11.8. The van der Waals surface area contributed by atoms with E-state index in [-0.39, 0.29) is 12.0 Å². The molecule has 6 heteroatoms. The van der Waals surface area contributed by atoms with Gasteiger partial charge in [0.1, 0.15) is 0 Å². The first kappa shape index (κ1) is 17.0. The normalized spacial score (nSPS) is 18.5. The van der Waals surface area contributed by atoms with Crippen LogP contribution in [0.2, 0.25) is 0 Å². The SMILES string of the molecule is COC(=O)CC1CSCCN1CCc1ncc(-c2ccccc2)o1. The predicted octanol–water partition coefficient (Wildman–Crippen LogP) is 2.86. The van der Waals surface area contributed by atoms with E-state index in [0.717, 1.165) is 48.2 Å². The summed E-state index contributed by atoms with van der Waals surface area (Å²) in [7, 11) is 1.44. The van der Waals surface area contributed by atoms with Crippen LogP contribution in [0.25, 0.3) is 11.3 Å². The Morgan fingerprint density at radius 2 is 2.25 bits per heavy atom. The van der Waals surface area contributed by atoms with E-state index in [1.54, 1.807) is 6.20 Å². The van der Waals surface area contributed by atoms with Crippen LogP contribution in [-0.4, -0.2) is 53.6 Å². The zero-order valence-corrected chi connectivity index (χ0v) is 14.6. The minimum absolute atomic E-state index is 0.144. The Hall–Kier alpha value is -1.79. The van der Waals surface area contributed by atoms with Crippen molar-refractivity contribution in [1.82, 2.24) is 9.88 Å². The first-order valence-corrected chi connectivity index (χ1v) is 9.30. The van der Waals surface area contributed by atoms with Gasteiger partial charge < -0.3 is 9.15 Å². The summed E-state index contributed by atoms with van der Waals surface area (Å²) in [6.45, 7) is 1.83. The molecule has 0 radical (unpaired) electrons. The van der Waals surface area contributed by atoms with Crippen molar-refractivity contribution < 1.29 is 13.9 Å². The van der Waals surface area contributed by atoms with Crippen LogP contribution >= 0.6 is 11.8 Å². The minimum atomic E-state index is -0.144. The molecule has 1 aromatic carbocycles. The average molecular weight is 346 g/mol. The number of carbonyl (C=O) groups is 1. The lowest BCUT2D eigenvalue weighted by Crippen LogP contribution is -2.44. The van der Waals surface area contributed by atoms with E-state index in [4.69, 9.17) is 9.15 Å². The van der Waals surface area contributed by atoms with Gasteiger partial charge in [-0.2, -0.15) is 11.8 Å². The van der Waals surface area contributed by atoms with E-state index in [1.165, 1.54) is 7.11 Å². The first-order valence-electron chi connectivity index (χ1n) is 8.15. The predicted molar refractivity (Wildman–Crippen MR) is 95.0 cm³/mol. The van der Waals surface area contributed by atoms with Crippen molar-refractivity contribution in [3.8, 4) is 11.3 Å². The zero-order chi connectivity index (χ0) is 16.8. The van der Waals surface area contributed by atoms with Crippen molar-refractivity contribution >= 4 is 17.7 Å². The van der Waals surface area contributed by atoms with Gasteiger partial charge in [0.15, 0.2) is 11.7 Å². The Bertz CT molecular complexity index is 659. The summed E-state index contributed by atoms with van der Waals surface area (Å²) in [6, 6.07) is 10.2. The molecule has 24 heavy (non-hydrogen) atoms. The molecule has 0 N–H and O–H groups in total. The highest BCUT2D eigenvalue weighted by molar-refractivity contribution is 7.99. The van der Waals surface area contributed by atoms with E-state index in [0.29, 0.717) is 6.42 Å². The van der Waals surface area contributed by atoms with Gasteiger partial charge in [-0.15, -0.1) is 0 Å². The molecule has 0 aliphatic carbocycles. The molecule has 2 aromatic rings. The van der Waals surface area contributed by atoms with Crippen LogP contribution in [0.15, 0.2) is 40.9 Å². The lowest BCUT2D eigenvalue weighted by atomic mass is 10.2. The summed E-state index contributed by atoms with van der Waals surface area (Å²) in [5, 5.41) is 0. The maximum Gasteiger partial charge on any atom is 0.307 e. The van der Waals surface area contributed by atoms with Gasteiger partial charge in [-0.3, -0.25) is 9.69 Å². The minimum Gasteiger partial charge on any atom is -0.469 e. The van der Waals surface area contributed by atoms with Gasteiger partial charge in [0.2, 0.25) is 0 Å². The number of oxazole rings is 1. The monoisotopic (exact) mass is 346 g/mol. The van der Waals surface area contributed by atoms with Gasteiger partial charge >= 0.3 is 5.97 Å². The number of nitrogens with zero attached hydrogens (tertiary/aromatic N) is 2. The van der Waals surface area contributed by atoms with Crippen LogP contribution in [0.5, 0.6) is 0 Å². The molecule has 1 saturated heterocycles. The summed E-state index contributed by atoms with van der Waals surface area (Å²) in [6.07, 6.45) is 2.97. The number of thioether (sulfide) groups is 1. The van der Waals surface area contributed by atoms with E-state index < -0.39 is 0 Å². The van der Waals surface area contributed by atoms with Gasteiger partial charge in [-0.1, -0.05) is 30.3 Å². The van der Waals surface area contributed by atoms with Crippen LogP contribution in [0.3, 0.4) is 0 Å². The largest absolute Gasteiger partial charge is 0.469 e. The number of ether oxygens (including phenoxy) is 1. The molecule has 1 unspecified atom stereocenters. The quantitative estimate of drug-likeness (QED) is 0.750. The van der Waals surface area contributed by atoms with Crippen molar-refractivity contribution in [3.63, 3.8) is 0 Å². The van der Waals surface area contributed by atoms with Gasteiger partial charge in [0.25, 0.3) is 0 Å². The number of rotatable bonds is 6. The molecule has 2 heterocycles. The van der Waals surface area contributed by atoms with Crippen LogP contribution in [0.1, 0.15) is 12.3 Å². The molecule has 1 aliphatic heterocycles. The van der Waals surface area contributed by atoms with Crippen molar-refractivity contribution in [3.05, 3.63) is 42.4 Å². The molecule has 0 bridgehead atoms. The molecule has 128 valence electrons. The van der Waals surface area contributed by atoms with E-state index in [1.807, 2.05) is 42.1 Å². The van der Waals surface area contributed by atoms with Gasteiger partial charge in [-0.05, 0) is 0 Å². The summed E-state index contributed by atoms with van der Waals surface area (Å²) in [5.74, 6) is 3.46. The molecule has 0 spiro atoms. The third kappa shape index (κ3) is 4.39. The van der Waals surface area contributed by atoms with Gasteiger partial charge in [0, 0.05) is 42.6 Å². The second-order valence-electron chi connectivity index (χ2n) is 5.78. The molecule has 1 aromatic heterocycles. The van der Waals surface area contributed by atoms with Crippen LogP contribution in [-0.2, 0) is 16.0 Å². The molecule has 1 atom stereocenters. The molecular weight excluding hydrogens is 324 g/mol. The number of esters is 1. The number of methoxy groups -OCH3 is 1. The van der Waals surface area contributed by atoms with Crippen molar-refractivity contribution in [2.24, 2.45) is 0 Å². The summed E-state index contributed by atoms with van der Waals surface area (Å²) < 4.78 is 10.7. The third-order valence-corrected chi connectivity index (χ3v) is 5.30. The smallest absolute Gasteiger partial charge is 0.307 e. The Morgan fingerprint density at radius 1 is 1.42 bits per heavy atom. The lowest BCUT2D eigenvalue weighted by molar-refractivity contribution is -0.141. The van der Waals surface area contributed by atoms with E-state index >= 15 is 0 Å². The molecular formula is C18H22N2O3S. The van der Waals surface area contributed by atoms with Crippen LogP contribution in [0.4, 0.5) is 0 Å². The second-order valence-corrected chi connectivity index (χ2v) is 6.93. The summed E-state index contributed by atoms with van der Waals surface area (Å²) in [5.41, 5.74) is 1.04. The van der Waals surface area contributed by atoms with Crippen molar-refractivity contribution in [2.75, 3.05) is 31.7 Å². The third-order valence-electron chi connectivity index (χ3n) is 4.20. The maximum absolute atomic E-state index is 11.6. The van der Waals surface area contributed by atoms with Crippen molar-refractivity contribution in [2.45, 2.75) is 18.9 Å². The molecule has 5 nitrogen and oxygen atoms in total. The summed E-state index contributed by atoms with van der Waals surface area (Å²) >= 11 is 1.89. The number of hydrogen-bond acceptors (Lipinski definition) is 6. The fourth-order valence-electron chi connectivity index (χ4n) is 2.85. The molecule has 3 rings (SSSR count). The Labute approximate surface area is 146 Å². The number of hydrogen-bond donors (Lipinski definition) is 0. The standard InChI is InChI=1S/C18H22N2O3S/c1-22-18(21)11-15-13-24-10-9-20(15)8-7-17-19-12-16(23-17)14-5-3-2-4-6-14/h2-6,12,15H,7-11,13H2,1H3. The Morgan fingerprint density at radius 3 is 3.04 bits per heavy atom. The zero-order valence-electron chi connectivity index (χ0n) is 13.8. The van der Waals surface area contributed by atoms with Gasteiger partial charge in [0.05, 0.1) is 19.7 Å². The molecule has 0 saturated carbocycles. The topological polar surface area (TPSA) is 55.6 Å². The fourth-order valence-corrected chi connectivity index (χ4v) is 3.98.